The summed E-state index contributed by atoms with van der Waals surface area (Å²) in [6.07, 6.45) is 11.6. The van der Waals surface area contributed by atoms with Gasteiger partial charge in [-0.2, -0.15) is 5.10 Å². The summed E-state index contributed by atoms with van der Waals surface area (Å²) in [5, 5.41) is 7.21. The van der Waals surface area contributed by atoms with Crippen molar-refractivity contribution in [1.29, 1.82) is 0 Å². The lowest BCUT2D eigenvalue weighted by Gasteiger charge is -2.36. The number of pyridine rings is 1. The molecule has 0 unspecified atom stereocenters. The van der Waals surface area contributed by atoms with Gasteiger partial charge in [-0.05, 0) is 49.3 Å². The molecular formula is C18H23N5O. The summed E-state index contributed by atoms with van der Waals surface area (Å²) in [4.78, 5) is 19.0. The van der Waals surface area contributed by atoms with Crippen LogP contribution in [0.3, 0.4) is 0 Å². The molecule has 2 aromatic rings. The molecule has 6 heteroatoms. The molecule has 24 heavy (non-hydrogen) atoms. The zero-order chi connectivity index (χ0) is 16.4. The number of urea groups is 1. The second kappa shape index (κ2) is 6.63. The van der Waals surface area contributed by atoms with Crippen molar-refractivity contribution in [2.45, 2.75) is 44.7 Å². The number of likely N-dealkylation sites (tertiary alicyclic amines) is 1. The fourth-order valence-electron chi connectivity index (χ4n) is 3.70. The Hall–Kier alpha value is -2.37. The van der Waals surface area contributed by atoms with Crippen LogP contribution >= 0.6 is 0 Å². The Labute approximate surface area is 141 Å². The SMILES string of the molecule is O=C(NCc1ccc(-n2cccn2)nc1)N1CCC[C@@H]1C1CCC1. The predicted molar refractivity (Wildman–Crippen MR) is 90.7 cm³/mol. The van der Waals surface area contributed by atoms with Gasteiger partial charge < -0.3 is 10.2 Å². The Morgan fingerprint density at radius 1 is 1.25 bits per heavy atom. The fourth-order valence-corrected chi connectivity index (χ4v) is 3.70. The van der Waals surface area contributed by atoms with E-state index in [1.54, 1.807) is 17.1 Å². The van der Waals surface area contributed by atoms with Gasteiger partial charge in [0.15, 0.2) is 5.82 Å². The molecule has 1 saturated carbocycles. The number of hydrogen-bond donors (Lipinski definition) is 1. The third-order valence-electron chi connectivity index (χ3n) is 5.25. The molecular weight excluding hydrogens is 302 g/mol. The van der Waals surface area contributed by atoms with Crippen molar-refractivity contribution in [3.8, 4) is 5.82 Å². The van der Waals surface area contributed by atoms with Crippen LogP contribution in [0.1, 0.15) is 37.7 Å². The van der Waals surface area contributed by atoms with Crippen LogP contribution in [0.2, 0.25) is 0 Å². The van der Waals surface area contributed by atoms with E-state index in [2.05, 4.69) is 20.3 Å². The van der Waals surface area contributed by atoms with E-state index in [4.69, 9.17) is 0 Å². The molecule has 2 fully saturated rings. The van der Waals surface area contributed by atoms with E-state index in [1.807, 2.05) is 24.4 Å². The van der Waals surface area contributed by atoms with Crippen molar-refractivity contribution in [3.63, 3.8) is 0 Å². The second-order valence-electron chi connectivity index (χ2n) is 6.73. The molecule has 6 nitrogen and oxygen atoms in total. The topological polar surface area (TPSA) is 63.1 Å². The van der Waals surface area contributed by atoms with Crippen LogP contribution in [-0.4, -0.2) is 38.3 Å². The Kier molecular flexibility index (Phi) is 4.19. The second-order valence-corrected chi connectivity index (χ2v) is 6.73. The lowest BCUT2D eigenvalue weighted by molar-refractivity contribution is 0.139. The Balaban J connectivity index is 1.33. The summed E-state index contributed by atoms with van der Waals surface area (Å²) in [5.74, 6) is 1.51. The molecule has 1 aliphatic heterocycles. The van der Waals surface area contributed by atoms with E-state index in [9.17, 15) is 4.79 Å². The zero-order valence-electron chi connectivity index (χ0n) is 13.8. The van der Waals surface area contributed by atoms with Crippen LogP contribution < -0.4 is 5.32 Å². The fraction of sp³-hybridized carbons (Fsp3) is 0.500. The van der Waals surface area contributed by atoms with Crippen molar-refractivity contribution in [3.05, 3.63) is 42.4 Å². The molecule has 1 atom stereocenters. The summed E-state index contributed by atoms with van der Waals surface area (Å²) in [7, 11) is 0. The van der Waals surface area contributed by atoms with Crippen molar-refractivity contribution in [2.75, 3.05) is 6.54 Å². The maximum Gasteiger partial charge on any atom is 0.317 e. The molecule has 0 radical (unpaired) electrons. The zero-order valence-corrected chi connectivity index (χ0v) is 13.8. The number of aromatic nitrogens is 3. The smallest absolute Gasteiger partial charge is 0.317 e. The number of carbonyl (C=O) groups excluding carboxylic acids is 1. The maximum atomic E-state index is 12.5. The average molecular weight is 325 g/mol. The number of carbonyl (C=O) groups is 1. The summed E-state index contributed by atoms with van der Waals surface area (Å²) in [5.41, 5.74) is 0.999. The normalized spacial score (nSPS) is 20.8. The van der Waals surface area contributed by atoms with Crippen LogP contribution in [0.15, 0.2) is 36.8 Å². The minimum absolute atomic E-state index is 0.0700. The van der Waals surface area contributed by atoms with Crippen molar-refractivity contribution in [1.82, 2.24) is 25.0 Å². The summed E-state index contributed by atoms with van der Waals surface area (Å²) < 4.78 is 1.72. The van der Waals surface area contributed by atoms with Gasteiger partial charge in [0, 0.05) is 37.7 Å². The number of nitrogens with zero attached hydrogens (tertiary/aromatic N) is 4. The van der Waals surface area contributed by atoms with Crippen LogP contribution in [0.5, 0.6) is 0 Å². The molecule has 2 aliphatic rings. The van der Waals surface area contributed by atoms with Gasteiger partial charge in [-0.15, -0.1) is 0 Å². The predicted octanol–water partition coefficient (Wildman–Crippen LogP) is 2.74. The first-order chi connectivity index (χ1) is 11.8. The lowest BCUT2D eigenvalue weighted by Crippen LogP contribution is -2.46. The first-order valence-corrected chi connectivity index (χ1v) is 8.81. The van der Waals surface area contributed by atoms with Gasteiger partial charge in [-0.25, -0.2) is 14.5 Å². The van der Waals surface area contributed by atoms with E-state index >= 15 is 0 Å². The molecule has 3 heterocycles. The number of hydrogen-bond acceptors (Lipinski definition) is 3. The van der Waals surface area contributed by atoms with Crippen LogP contribution in [-0.2, 0) is 6.54 Å². The monoisotopic (exact) mass is 325 g/mol. The van der Waals surface area contributed by atoms with Gasteiger partial charge in [0.1, 0.15) is 0 Å². The van der Waals surface area contributed by atoms with Gasteiger partial charge in [0.05, 0.1) is 0 Å². The molecule has 1 N–H and O–H groups in total. The van der Waals surface area contributed by atoms with Crippen LogP contribution in [0.25, 0.3) is 5.82 Å². The Bertz CT molecular complexity index is 678. The van der Waals surface area contributed by atoms with Gasteiger partial charge in [-0.1, -0.05) is 12.5 Å². The third-order valence-corrected chi connectivity index (χ3v) is 5.25. The highest BCUT2D eigenvalue weighted by atomic mass is 16.2. The Morgan fingerprint density at radius 2 is 2.17 bits per heavy atom. The van der Waals surface area contributed by atoms with Crippen LogP contribution in [0.4, 0.5) is 4.79 Å². The summed E-state index contributed by atoms with van der Waals surface area (Å²) >= 11 is 0. The van der Waals surface area contributed by atoms with E-state index in [1.165, 1.54) is 19.3 Å². The number of rotatable bonds is 4. The summed E-state index contributed by atoms with van der Waals surface area (Å²) in [6.45, 7) is 1.41. The molecule has 2 amide bonds. The van der Waals surface area contributed by atoms with Gasteiger partial charge in [0.25, 0.3) is 0 Å². The summed E-state index contributed by atoms with van der Waals surface area (Å²) in [6, 6.07) is 6.29. The molecule has 126 valence electrons. The molecule has 1 aliphatic carbocycles. The molecule has 0 spiro atoms. The molecule has 2 aromatic heterocycles. The minimum Gasteiger partial charge on any atom is -0.334 e. The standard InChI is InChI=1S/C18H23N5O/c24-18(22-10-2-6-16(22)15-4-1-5-15)20-13-14-7-8-17(19-12-14)23-11-3-9-21-23/h3,7-9,11-12,15-16H,1-2,4-6,10,13H2,(H,20,24)/t16-/m1/s1. The van der Waals surface area contributed by atoms with Gasteiger partial charge in [-0.3, -0.25) is 0 Å². The molecule has 0 aromatic carbocycles. The number of amides is 2. The maximum absolute atomic E-state index is 12.5. The van der Waals surface area contributed by atoms with E-state index in [0.29, 0.717) is 12.6 Å². The molecule has 4 rings (SSSR count). The van der Waals surface area contributed by atoms with Crippen LogP contribution in [0, 0.1) is 5.92 Å². The van der Waals surface area contributed by atoms with Gasteiger partial charge in [0.2, 0.25) is 0 Å². The van der Waals surface area contributed by atoms with Crippen molar-refractivity contribution >= 4 is 6.03 Å². The van der Waals surface area contributed by atoms with E-state index in [0.717, 1.165) is 36.7 Å². The highest BCUT2D eigenvalue weighted by Gasteiger charge is 2.37. The Morgan fingerprint density at radius 3 is 2.83 bits per heavy atom. The van der Waals surface area contributed by atoms with Crippen molar-refractivity contribution < 1.29 is 4.79 Å². The highest BCUT2D eigenvalue weighted by molar-refractivity contribution is 5.74. The number of nitrogens with one attached hydrogen (secondary N) is 1. The quantitative estimate of drug-likeness (QED) is 0.940. The van der Waals surface area contributed by atoms with Gasteiger partial charge >= 0.3 is 6.03 Å². The lowest BCUT2D eigenvalue weighted by atomic mass is 9.79. The third kappa shape index (κ3) is 3.00. The van der Waals surface area contributed by atoms with Crippen molar-refractivity contribution in [2.24, 2.45) is 5.92 Å². The largest absolute Gasteiger partial charge is 0.334 e. The molecule has 1 saturated heterocycles. The highest BCUT2D eigenvalue weighted by Crippen LogP contribution is 2.37. The first-order valence-electron chi connectivity index (χ1n) is 8.81. The average Bonchev–Trinajstić information content (AvgIpc) is 3.23. The molecule has 0 bridgehead atoms. The minimum atomic E-state index is 0.0700. The van der Waals surface area contributed by atoms with E-state index in [-0.39, 0.29) is 6.03 Å². The van der Waals surface area contributed by atoms with E-state index < -0.39 is 0 Å². The first kappa shape index (κ1) is 15.2.